The molecule has 0 radical (unpaired) electrons. The molecule has 2 heteroatoms. The summed E-state index contributed by atoms with van der Waals surface area (Å²) in [6.45, 7) is 2.26. The molecule has 0 N–H and O–H groups in total. The van der Waals surface area contributed by atoms with Gasteiger partial charge < -0.3 is 4.74 Å². The Morgan fingerprint density at radius 1 is 1.28 bits per heavy atom. The number of para-hydroxylation sites is 1. The molecule has 1 aromatic rings. The van der Waals surface area contributed by atoms with E-state index in [4.69, 9.17) is 4.74 Å². The van der Waals surface area contributed by atoms with Crippen LogP contribution in [-0.4, -0.2) is 10.9 Å². The molecular weight excluding hydrogens is 288 g/mol. The highest BCUT2D eigenvalue weighted by Gasteiger charge is 2.24. The van der Waals surface area contributed by atoms with Gasteiger partial charge in [0.2, 0.25) is 0 Å². The summed E-state index contributed by atoms with van der Waals surface area (Å²) in [6.07, 6.45) is 9.23. The molecule has 18 heavy (non-hydrogen) atoms. The van der Waals surface area contributed by atoms with E-state index in [2.05, 4.69) is 47.1 Å². The van der Waals surface area contributed by atoms with Gasteiger partial charge in [-0.25, -0.2) is 0 Å². The van der Waals surface area contributed by atoms with E-state index in [0.29, 0.717) is 10.9 Å². The Morgan fingerprint density at radius 3 is 2.89 bits per heavy atom. The smallest absolute Gasteiger partial charge is 0.123 e. The van der Waals surface area contributed by atoms with Crippen molar-refractivity contribution in [1.82, 2.24) is 0 Å². The first-order valence-electron chi connectivity index (χ1n) is 7.18. The van der Waals surface area contributed by atoms with Crippen molar-refractivity contribution in [2.75, 3.05) is 0 Å². The molecule has 1 aliphatic heterocycles. The summed E-state index contributed by atoms with van der Waals surface area (Å²) in [5, 5.41) is 0. The molecule has 0 bridgehead atoms. The quantitative estimate of drug-likeness (QED) is 0.502. The van der Waals surface area contributed by atoms with Gasteiger partial charge in [0.25, 0.3) is 0 Å². The molecule has 0 fully saturated rings. The summed E-state index contributed by atoms with van der Waals surface area (Å²) < 4.78 is 5.98. The fourth-order valence-corrected chi connectivity index (χ4v) is 3.32. The summed E-state index contributed by atoms with van der Waals surface area (Å²) in [5.41, 5.74) is 1.37. The zero-order chi connectivity index (χ0) is 12.8. The predicted octanol–water partition coefficient (Wildman–Crippen LogP) is 5.11. The Labute approximate surface area is 119 Å². The van der Waals surface area contributed by atoms with Crippen molar-refractivity contribution in [3.63, 3.8) is 0 Å². The van der Waals surface area contributed by atoms with Crippen molar-refractivity contribution >= 4 is 15.9 Å². The number of alkyl halides is 1. The van der Waals surface area contributed by atoms with Gasteiger partial charge in [-0.3, -0.25) is 0 Å². The lowest BCUT2D eigenvalue weighted by atomic mass is 10.0. The fraction of sp³-hybridized carbons (Fsp3) is 0.625. The summed E-state index contributed by atoms with van der Waals surface area (Å²) in [7, 11) is 0. The molecule has 0 saturated heterocycles. The Hall–Kier alpha value is -0.500. The standard InChI is InChI=1S/C16H23BrO/c1-2-3-4-5-9-14(17)12-15-11-13-8-6-7-10-16(13)18-15/h6-8,10,14-15H,2-5,9,11-12H2,1H3. The van der Waals surface area contributed by atoms with E-state index < -0.39 is 0 Å². The van der Waals surface area contributed by atoms with Gasteiger partial charge in [-0.15, -0.1) is 0 Å². The molecule has 0 saturated carbocycles. The predicted molar refractivity (Wildman–Crippen MR) is 80.7 cm³/mol. The zero-order valence-corrected chi connectivity index (χ0v) is 12.8. The zero-order valence-electron chi connectivity index (χ0n) is 11.2. The van der Waals surface area contributed by atoms with E-state index in [-0.39, 0.29) is 0 Å². The Balaban J connectivity index is 1.69. The number of halogens is 1. The van der Waals surface area contributed by atoms with Crippen LogP contribution in [0.5, 0.6) is 5.75 Å². The van der Waals surface area contributed by atoms with Crippen LogP contribution in [0.3, 0.4) is 0 Å². The molecule has 2 atom stereocenters. The molecule has 2 rings (SSSR count). The molecule has 0 aliphatic carbocycles. The minimum Gasteiger partial charge on any atom is -0.490 e. The van der Waals surface area contributed by atoms with E-state index in [9.17, 15) is 0 Å². The van der Waals surface area contributed by atoms with E-state index >= 15 is 0 Å². The van der Waals surface area contributed by atoms with Crippen LogP contribution in [0.1, 0.15) is 51.0 Å². The van der Waals surface area contributed by atoms with Gasteiger partial charge in [-0.2, -0.15) is 0 Å². The van der Waals surface area contributed by atoms with Crippen LogP contribution in [0.25, 0.3) is 0 Å². The SMILES string of the molecule is CCCCCCC(Br)CC1Cc2ccccc2O1. The van der Waals surface area contributed by atoms with Crippen LogP contribution in [0.2, 0.25) is 0 Å². The van der Waals surface area contributed by atoms with Crippen LogP contribution < -0.4 is 4.74 Å². The highest BCUT2D eigenvalue weighted by Crippen LogP contribution is 2.31. The second-order valence-electron chi connectivity index (χ2n) is 5.23. The molecule has 1 nitrogen and oxygen atoms in total. The lowest BCUT2D eigenvalue weighted by Crippen LogP contribution is -2.18. The first kappa shape index (κ1) is 13.9. The van der Waals surface area contributed by atoms with Crippen molar-refractivity contribution in [2.24, 2.45) is 0 Å². The third kappa shape index (κ3) is 4.01. The second kappa shape index (κ2) is 7.18. The van der Waals surface area contributed by atoms with Gasteiger partial charge in [-0.05, 0) is 24.5 Å². The van der Waals surface area contributed by atoms with Gasteiger partial charge in [0.1, 0.15) is 11.9 Å². The second-order valence-corrected chi connectivity index (χ2v) is 6.53. The van der Waals surface area contributed by atoms with Crippen molar-refractivity contribution < 1.29 is 4.74 Å². The third-order valence-electron chi connectivity index (χ3n) is 3.60. The Bertz CT molecular complexity index is 339. The number of rotatable bonds is 7. The minimum atomic E-state index is 0.373. The molecular formula is C16H23BrO. The van der Waals surface area contributed by atoms with Gasteiger partial charge in [0.05, 0.1) is 0 Å². The van der Waals surface area contributed by atoms with Gasteiger partial charge >= 0.3 is 0 Å². The van der Waals surface area contributed by atoms with Crippen LogP contribution in [-0.2, 0) is 6.42 Å². The van der Waals surface area contributed by atoms with E-state index in [1.54, 1.807) is 0 Å². The van der Waals surface area contributed by atoms with Crippen molar-refractivity contribution in [3.8, 4) is 5.75 Å². The normalized spacial score (nSPS) is 19.3. The third-order valence-corrected chi connectivity index (χ3v) is 4.44. The maximum atomic E-state index is 5.98. The molecule has 2 unspecified atom stereocenters. The largest absolute Gasteiger partial charge is 0.490 e. The average molecular weight is 311 g/mol. The van der Waals surface area contributed by atoms with Crippen molar-refractivity contribution in [2.45, 2.75) is 62.8 Å². The first-order chi connectivity index (χ1) is 8.79. The fourth-order valence-electron chi connectivity index (χ4n) is 2.58. The summed E-state index contributed by atoms with van der Waals surface area (Å²) in [4.78, 5) is 0.605. The molecule has 0 amide bonds. The lowest BCUT2D eigenvalue weighted by Gasteiger charge is -2.15. The van der Waals surface area contributed by atoms with E-state index in [0.717, 1.165) is 18.6 Å². The average Bonchev–Trinajstić information content (AvgIpc) is 2.76. The topological polar surface area (TPSA) is 9.23 Å². The summed E-state index contributed by atoms with van der Waals surface area (Å²) in [5.74, 6) is 1.09. The number of hydrogen-bond acceptors (Lipinski definition) is 1. The molecule has 1 heterocycles. The van der Waals surface area contributed by atoms with Crippen LogP contribution in [0.15, 0.2) is 24.3 Å². The molecule has 0 aromatic heterocycles. The summed E-state index contributed by atoms with van der Waals surface area (Å²) >= 11 is 3.80. The van der Waals surface area contributed by atoms with Crippen LogP contribution in [0.4, 0.5) is 0 Å². The highest BCUT2D eigenvalue weighted by atomic mass is 79.9. The van der Waals surface area contributed by atoms with Crippen LogP contribution in [0, 0.1) is 0 Å². The number of unbranched alkanes of at least 4 members (excludes halogenated alkanes) is 3. The van der Waals surface area contributed by atoms with E-state index in [1.807, 2.05) is 0 Å². The van der Waals surface area contributed by atoms with Gasteiger partial charge in [0, 0.05) is 11.2 Å². The van der Waals surface area contributed by atoms with Crippen molar-refractivity contribution in [1.29, 1.82) is 0 Å². The Kier molecular flexibility index (Phi) is 5.55. The number of hydrogen-bond donors (Lipinski definition) is 0. The number of benzene rings is 1. The number of fused-ring (bicyclic) bond motifs is 1. The highest BCUT2D eigenvalue weighted by molar-refractivity contribution is 9.09. The van der Waals surface area contributed by atoms with Gasteiger partial charge in [-0.1, -0.05) is 66.7 Å². The van der Waals surface area contributed by atoms with Crippen LogP contribution >= 0.6 is 15.9 Å². The molecule has 1 aliphatic rings. The number of ether oxygens (including phenoxy) is 1. The monoisotopic (exact) mass is 310 g/mol. The minimum absolute atomic E-state index is 0.373. The van der Waals surface area contributed by atoms with Crippen molar-refractivity contribution in [3.05, 3.63) is 29.8 Å². The lowest BCUT2D eigenvalue weighted by molar-refractivity contribution is 0.219. The maximum Gasteiger partial charge on any atom is 0.123 e. The Morgan fingerprint density at radius 2 is 2.11 bits per heavy atom. The molecule has 0 spiro atoms. The molecule has 1 aromatic carbocycles. The summed E-state index contributed by atoms with van der Waals surface area (Å²) in [6, 6.07) is 8.41. The first-order valence-corrected chi connectivity index (χ1v) is 8.09. The van der Waals surface area contributed by atoms with Gasteiger partial charge in [0.15, 0.2) is 0 Å². The maximum absolute atomic E-state index is 5.98. The van der Waals surface area contributed by atoms with E-state index in [1.165, 1.54) is 37.7 Å². The molecule has 100 valence electrons.